The molecule has 2 unspecified atom stereocenters. The van der Waals surface area contributed by atoms with E-state index in [0.29, 0.717) is 6.54 Å². The number of esters is 1. The largest absolute Gasteiger partial charge is 0.465 e. The van der Waals surface area contributed by atoms with Crippen LogP contribution < -0.4 is 0 Å². The van der Waals surface area contributed by atoms with Crippen molar-refractivity contribution in [3.8, 4) is 0 Å². The molecule has 3 rings (SSSR count). The maximum absolute atomic E-state index is 12.8. The van der Waals surface area contributed by atoms with E-state index >= 15 is 0 Å². The van der Waals surface area contributed by atoms with Crippen LogP contribution in [-0.2, 0) is 20.9 Å². The molecule has 2 atom stereocenters. The Kier molecular flexibility index (Phi) is 6.84. The fourth-order valence-corrected chi connectivity index (χ4v) is 3.37. The molecule has 28 heavy (non-hydrogen) atoms. The van der Waals surface area contributed by atoms with E-state index in [2.05, 4.69) is 6.08 Å². The molecular formula is C23H25NO4. The molecular weight excluding hydrogens is 354 g/mol. The summed E-state index contributed by atoms with van der Waals surface area (Å²) in [4.78, 5) is 25.9. The SMILES string of the molecule is CC(=O)OCC(c1ccccc1)C1C=CCCN1C(=O)OCc1ccccc1. The van der Waals surface area contributed by atoms with Gasteiger partial charge < -0.3 is 14.4 Å². The van der Waals surface area contributed by atoms with Crippen molar-refractivity contribution in [2.24, 2.45) is 0 Å². The van der Waals surface area contributed by atoms with Gasteiger partial charge in [-0.1, -0.05) is 72.8 Å². The third kappa shape index (κ3) is 5.22. The summed E-state index contributed by atoms with van der Waals surface area (Å²) in [5, 5.41) is 0. The van der Waals surface area contributed by atoms with Crippen LogP contribution >= 0.6 is 0 Å². The number of hydrogen-bond donors (Lipinski definition) is 0. The number of carbonyl (C=O) groups is 2. The molecule has 2 aromatic rings. The lowest BCUT2D eigenvalue weighted by molar-refractivity contribution is -0.141. The lowest BCUT2D eigenvalue weighted by Gasteiger charge is -2.36. The van der Waals surface area contributed by atoms with E-state index in [9.17, 15) is 9.59 Å². The fourth-order valence-electron chi connectivity index (χ4n) is 3.37. The number of hydrogen-bond acceptors (Lipinski definition) is 4. The number of benzene rings is 2. The first-order chi connectivity index (χ1) is 13.6. The Morgan fingerprint density at radius 2 is 1.71 bits per heavy atom. The second kappa shape index (κ2) is 9.74. The third-order valence-electron chi connectivity index (χ3n) is 4.78. The quantitative estimate of drug-likeness (QED) is 0.555. The monoisotopic (exact) mass is 379 g/mol. The summed E-state index contributed by atoms with van der Waals surface area (Å²) in [5.41, 5.74) is 1.96. The summed E-state index contributed by atoms with van der Waals surface area (Å²) in [6, 6.07) is 19.2. The Morgan fingerprint density at radius 1 is 1.04 bits per heavy atom. The predicted octanol–water partition coefficient (Wildman–Crippen LogP) is 4.30. The molecule has 1 aliphatic rings. The van der Waals surface area contributed by atoms with Crippen molar-refractivity contribution in [3.05, 3.63) is 83.9 Å². The van der Waals surface area contributed by atoms with E-state index in [1.807, 2.05) is 66.7 Å². The van der Waals surface area contributed by atoms with Gasteiger partial charge in [0.2, 0.25) is 0 Å². The second-order valence-corrected chi connectivity index (χ2v) is 6.76. The zero-order valence-corrected chi connectivity index (χ0v) is 16.0. The number of rotatable bonds is 6. The van der Waals surface area contributed by atoms with Gasteiger partial charge >= 0.3 is 12.1 Å². The molecule has 0 bridgehead atoms. The molecule has 1 aliphatic heterocycles. The van der Waals surface area contributed by atoms with E-state index in [1.165, 1.54) is 6.92 Å². The summed E-state index contributed by atoms with van der Waals surface area (Å²) in [6.45, 7) is 2.40. The van der Waals surface area contributed by atoms with Crippen molar-refractivity contribution in [3.63, 3.8) is 0 Å². The number of amides is 1. The smallest absolute Gasteiger partial charge is 0.410 e. The molecule has 146 valence electrons. The van der Waals surface area contributed by atoms with Crippen LogP contribution in [0.25, 0.3) is 0 Å². The van der Waals surface area contributed by atoms with Gasteiger partial charge in [-0.25, -0.2) is 4.79 Å². The van der Waals surface area contributed by atoms with Gasteiger partial charge in [0, 0.05) is 19.4 Å². The Bertz CT molecular complexity index is 804. The Balaban J connectivity index is 1.76. The van der Waals surface area contributed by atoms with E-state index in [-0.39, 0.29) is 37.2 Å². The van der Waals surface area contributed by atoms with Gasteiger partial charge in [0.25, 0.3) is 0 Å². The van der Waals surface area contributed by atoms with Crippen molar-refractivity contribution < 1.29 is 19.1 Å². The summed E-state index contributed by atoms with van der Waals surface area (Å²) in [7, 11) is 0. The normalized spacial score (nSPS) is 17.0. The first kappa shape index (κ1) is 19.7. The van der Waals surface area contributed by atoms with Crippen molar-refractivity contribution in [2.45, 2.75) is 31.9 Å². The van der Waals surface area contributed by atoms with Gasteiger partial charge in [0.05, 0.1) is 6.04 Å². The van der Waals surface area contributed by atoms with Crippen LogP contribution in [0.1, 0.15) is 30.4 Å². The van der Waals surface area contributed by atoms with Gasteiger partial charge in [0.15, 0.2) is 0 Å². The molecule has 0 saturated carbocycles. The highest BCUT2D eigenvalue weighted by Gasteiger charge is 2.33. The molecule has 0 spiro atoms. The maximum Gasteiger partial charge on any atom is 0.410 e. The number of ether oxygens (including phenoxy) is 2. The summed E-state index contributed by atoms with van der Waals surface area (Å²) in [6.07, 6.45) is 4.48. The number of carbonyl (C=O) groups excluding carboxylic acids is 2. The highest BCUT2D eigenvalue weighted by Crippen LogP contribution is 2.28. The first-order valence-electron chi connectivity index (χ1n) is 9.47. The predicted molar refractivity (Wildman–Crippen MR) is 107 cm³/mol. The van der Waals surface area contributed by atoms with Crippen LogP contribution in [-0.4, -0.2) is 36.2 Å². The zero-order chi connectivity index (χ0) is 19.8. The molecule has 5 heteroatoms. The molecule has 0 N–H and O–H groups in total. The molecule has 0 radical (unpaired) electrons. The molecule has 0 saturated heterocycles. The van der Waals surface area contributed by atoms with Crippen molar-refractivity contribution in [2.75, 3.05) is 13.2 Å². The Hall–Kier alpha value is -3.08. The average Bonchev–Trinajstić information content (AvgIpc) is 2.74. The first-order valence-corrected chi connectivity index (χ1v) is 9.47. The minimum atomic E-state index is -0.359. The average molecular weight is 379 g/mol. The van der Waals surface area contributed by atoms with Gasteiger partial charge in [-0.15, -0.1) is 0 Å². The number of nitrogens with zero attached hydrogens (tertiary/aromatic N) is 1. The molecule has 1 amide bonds. The maximum atomic E-state index is 12.8. The topological polar surface area (TPSA) is 55.8 Å². The highest BCUT2D eigenvalue weighted by molar-refractivity contribution is 5.69. The molecule has 1 heterocycles. The lowest BCUT2D eigenvalue weighted by atomic mass is 9.89. The Labute approximate surface area is 165 Å². The Morgan fingerprint density at radius 3 is 2.39 bits per heavy atom. The third-order valence-corrected chi connectivity index (χ3v) is 4.78. The van der Waals surface area contributed by atoms with Gasteiger partial charge in [-0.3, -0.25) is 4.79 Å². The van der Waals surface area contributed by atoms with Gasteiger partial charge in [-0.2, -0.15) is 0 Å². The van der Waals surface area contributed by atoms with Crippen LogP contribution in [0.3, 0.4) is 0 Å². The van der Waals surface area contributed by atoms with Crippen molar-refractivity contribution in [1.82, 2.24) is 4.90 Å². The molecule has 2 aromatic carbocycles. The van der Waals surface area contributed by atoms with E-state index in [0.717, 1.165) is 17.5 Å². The van der Waals surface area contributed by atoms with Crippen molar-refractivity contribution >= 4 is 12.1 Å². The summed E-state index contributed by atoms with van der Waals surface area (Å²) in [5.74, 6) is -0.496. The minimum Gasteiger partial charge on any atom is -0.465 e. The van der Waals surface area contributed by atoms with Crippen LogP contribution in [0.4, 0.5) is 4.79 Å². The van der Waals surface area contributed by atoms with E-state index < -0.39 is 0 Å². The van der Waals surface area contributed by atoms with Gasteiger partial charge in [0.1, 0.15) is 13.2 Å². The van der Waals surface area contributed by atoms with Crippen LogP contribution in [0.5, 0.6) is 0 Å². The van der Waals surface area contributed by atoms with Crippen LogP contribution in [0.15, 0.2) is 72.8 Å². The molecule has 0 aromatic heterocycles. The standard InChI is InChI=1S/C23H25NO4/c1-18(25)27-17-21(20-12-6-3-7-13-20)22-14-8-9-15-24(22)23(26)28-16-19-10-4-2-5-11-19/h2-8,10-14,21-22H,9,15-17H2,1H3. The fraction of sp³-hybridized carbons (Fsp3) is 0.304. The summed E-state index contributed by atoms with van der Waals surface area (Å²) >= 11 is 0. The minimum absolute atomic E-state index is 0.161. The van der Waals surface area contributed by atoms with Crippen LogP contribution in [0.2, 0.25) is 0 Å². The van der Waals surface area contributed by atoms with Crippen LogP contribution in [0, 0.1) is 0 Å². The molecule has 0 fully saturated rings. The van der Waals surface area contributed by atoms with E-state index in [4.69, 9.17) is 9.47 Å². The summed E-state index contributed by atoms with van der Waals surface area (Å²) < 4.78 is 10.9. The van der Waals surface area contributed by atoms with E-state index in [1.54, 1.807) is 4.90 Å². The highest BCUT2D eigenvalue weighted by atomic mass is 16.6. The zero-order valence-electron chi connectivity index (χ0n) is 16.0. The lowest BCUT2D eigenvalue weighted by Crippen LogP contribution is -2.46. The van der Waals surface area contributed by atoms with Crippen molar-refractivity contribution in [1.29, 1.82) is 0 Å². The molecule has 5 nitrogen and oxygen atoms in total. The molecule has 0 aliphatic carbocycles. The second-order valence-electron chi connectivity index (χ2n) is 6.76. The van der Waals surface area contributed by atoms with Gasteiger partial charge in [-0.05, 0) is 17.5 Å².